The first-order valence-corrected chi connectivity index (χ1v) is 25.0. The molecule has 2 saturated carbocycles. The summed E-state index contributed by atoms with van der Waals surface area (Å²) in [5.41, 5.74) is -3.18. The molecule has 0 N–H and O–H groups in total. The molecule has 9 nitrogen and oxygen atoms in total. The van der Waals surface area contributed by atoms with Crippen molar-refractivity contribution >= 4 is 33.3 Å². The second-order valence-corrected chi connectivity index (χ2v) is 21.9. The summed E-state index contributed by atoms with van der Waals surface area (Å²) < 4.78 is 149. The molecule has 3 aliphatic carbocycles. The van der Waals surface area contributed by atoms with E-state index >= 15 is 0 Å². The van der Waals surface area contributed by atoms with E-state index < -0.39 is 43.4 Å². The van der Waals surface area contributed by atoms with E-state index in [9.17, 15) is 49.1 Å². The molecule has 0 aromatic heterocycles. The number of benzene rings is 1. The molecule has 1 aromatic rings. The Labute approximate surface area is 462 Å². The Bertz CT molecular complexity index is 1810. The number of methoxy groups -OCH3 is 2. The van der Waals surface area contributed by atoms with Gasteiger partial charge in [-0.25, -0.2) is 0 Å². The molecule has 6 rings (SSSR count). The number of fused-ring (bicyclic) bond motifs is 5. The molecular formula is C52H84F9NO8S2U. The number of allylic oxidation sites excluding steroid dienone is 1. The van der Waals surface area contributed by atoms with E-state index in [1.54, 1.807) is 36.1 Å². The van der Waals surface area contributed by atoms with E-state index in [0.717, 1.165) is 56.4 Å². The summed E-state index contributed by atoms with van der Waals surface area (Å²) in [6, 6.07) is 6.14. The van der Waals surface area contributed by atoms with Crippen molar-refractivity contribution in [3.05, 3.63) is 54.9 Å². The third-order valence-corrected chi connectivity index (χ3v) is 16.8. The van der Waals surface area contributed by atoms with Crippen LogP contribution in [0.15, 0.2) is 30.0 Å². The van der Waals surface area contributed by atoms with Crippen LogP contribution < -0.4 is 4.74 Å². The smallest absolute Gasteiger partial charge is 0.525 e. The van der Waals surface area contributed by atoms with Crippen LogP contribution in [0.4, 0.5) is 39.5 Å². The van der Waals surface area contributed by atoms with Crippen LogP contribution in [0, 0.1) is 62.2 Å². The molecule has 1 saturated heterocycles. The minimum absolute atomic E-state index is 0. The van der Waals surface area contributed by atoms with Gasteiger partial charge in [0, 0.05) is 44.8 Å². The summed E-state index contributed by atoms with van der Waals surface area (Å²) in [4.78, 5) is 26.3. The van der Waals surface area contributed by atoms with E-state index in [0.29, 0.717) is 55.8 Å². The van der Waals surface area contributed by atoms with Crippen molar-refractivity contribution in [1.29, 1.82) is 0 Å². The molecular weight excluding hydrogens is 1240 g/mol. The molecule has 0 bridgehead atoms. The van der Waals surface area contributed by atoms with Gasteiger partial charge in [0.1, 0.15) is 18.1 Å². The molecule has 2 heterocycles. The molecule has 424 valence electrons. The number of rotatable bonds is 19. The summed E-state index contributed by atoms with van der Waals surface area (Å²) in [6.07, 6.45) is -11.8. The van der Waals surface area contributed by atoms with Crippen molar-refractivity contribution in [3.63, 3.8) is 0 Å². The van der Waals surface area contributed by atoms with E-state index in [2.05, 4.69) is 51.5 Å². The van der Waals surface area contributed by atoms with Crippen LogP contribution in [0.3, 0.4) is 0 Å². The number of unbranched alkanes of at least 4 members (excludes halogenated alkanes) is 1. The van der Waals surface area contributed by atoms with Crippen LogP contribution in [0.25, 0.3) is 0 Å². The number of hydrogen-bond donors (Lipinski definition) is 0. The van der Waals surface area contributed by atoms with Gasteiger partial charge < -0.3 is 42.3 Å². The second kappa shape index (κ2) is 30.8. The summed E-state index contributed by atoms with van der Waals surface area (Å²) >= 11 is 0. The first-order chi connectivity index (χ1) is 31.3. The van der Waals surface area contributed by atoms with Crippen molar-refractivity contribution < 1.29 is 109 Å². The number of hydrogen-bond acceptors (Lipinski definition) is 10. The van der Waals surface area contributed by atoms with Gasteiger partial charge in [-0.3, -0.25) is 14.5 Å². The Kier molecular flexibility index (Phi) is 31.2. The van der Waals surface area contributed by atoms with Crippen LogP contribution in [0.5, 0.6) is 5.75 Å². The zero-order valence-electron chi connectivity index (χ0n) is 39.2. The molecule has 5 aliphatic rings. The molecule has 21 heteroatoms. The minimum atomic E-state index is -6.73. The predicted octanol–water partition coefficient (Wildman–Crippen LogP) is 14.8. The average molecular weight is 1320 g/mol. The molecule has 2 aliphatic heterocycles. The number of carbonyl (C=O) groups excluding carboxylic acids is 2. The molecule has 3 fully saturated rings. The fourth-order valence-corrected chi connectivity index (χ4v) is 12.7. The maximum Gasteiger partial charge on any atom is 2.00 e. The molecule has 8 atom stereocenters. The third kappa shape index (κ3) is 17.7. The first-order valence-electron chi connectivity index (χ1n) is 22.7. The van der Waals surface area contributed by atoms with Gasteiger partial charge in [0.05, 0.1) is 31.8 Å². The zero-order valence-corrected chi connectivity index (χ0v) is 45.0. The molecule has 0 radical (unpaired) electrons. The Morgan fingerprint density at radius 1 is 0.877 bits per heavy atom. The van der Waals surface area contributed by atoms with Crippen molar-refractivity contribution in [2.24, 2.45) is 17.3 Å². The second-order valence-electron chi connectivity index (χ2n) is 18.8. The molecule has 73 heavy (non-hydrogen) atoms. The minimum Gasteiger partial charge on any atom is -0.525 e. The Morgan fingerprint density at radius 3 is 2.10 bits per heavy atom. The summed E-state index contributed by atoms with van der Waals surface area (Å²) in [5.74, 6) is 2.65. The number of nitrogens with zero attached hydrogens (tertiary/aromatic N) is 1. The molecule has 0 spiro atoms. The molecule has 8 unspecified atom stereocenters. The van der Waals surface area contributed by atoms with Gasteiger partial charge in [-0.2, -0.15) is 39.5 Å². The van der Waals surface area contributed by atoms with Crippen molar-refractivity contribution in [2.75, 3.05) is 46.4 Å². The fraction of sp³-hybridized carbons (Fsp3) is 0.769. The van der Waals surface area contributed by atoms with Gasteiger partial charge in [-0.15, -0.1) is 15.5 Å². The van der Waals surface area contributed by atoms with Gasteiger partial charge >= 0.3 is 55.2 Å². The van der Waals surface area contributed by atoms with Gasteiger partial charge in [-0.05, 0) is 117 Å². The number of ketones is 1. The van der Waals surface area contributed by atoms with E-state index in [1.807, 2.05) is 16.9 Å². The number of Topliss-reactive ketones (excluding diaryl/α,β-unsaturated/α-hetero) is 1. The monoisotopic (exact) mass is 1320 g/mol. The zero-order chi connectivity index (χ0) is 49.6. The van der Waals surface area contributed by atoms with Crippen LogP contribution in [-0.4, -0.2) is 116 Å². The van der Waals surface area contributed by atoms with Gasteiger partial charge in [0.25, 0.3) is 0 Å². The summed E-state index contributed by atoms with van der Waals surface area (Å²) in [5, 5.41) is 0. The van der Waals surface area contributed by atoms with Gasteiger partial charge in [0.2, 0.25) is 5.91 Å². The SMILES string of the molecule is C.C.C.C.C.[CH2-]C(C)(C)SSCCCCC1=CN(C2CC(OC)C(COC)O2)C(=O)CC1=O.[CH2-]COc1ccc2c(c1)CCC1C2CCC2(C)C(OCCCOC(C(F)(F)F)(C(F)(F)F)C(F)(F)F)CCC12.[U+2]. The maximum atomic E-state index is 13.0. The van der Waals surface area contributed by atoms with Crippen molar-refractivity contribution in [1.82, 2.24) is 4.90 Å². The number of alkyl halides is 9. The summed E-state index contributed by atoms with van der Waals surface area (Å²) in [7, 11) is 6.84. The first kappa shape index (κ1) is 73.9. The Hall–Kier alpha value is -1.18. The number of amides is 1. The van der Waals surface area contributed by atoms with E-state index in [4.69, 9.17) is 23.7 Å². The third-order valence-electron chi connectivity index (χ3n) is 13.6. The van der Waals surface area contributed by atoms with Crippen LogP contribution in [0.1, 0.15) is 146 Å². The number of aryl methyl sites for hydroxylation is 1. The predicted molar refractivity (Wildman–Crippen MR) is 271 cm³/mol. The fourth-order valence-electron chi connectivity index (χ4n) is 10.4. The normalized spacial score (nSPS) is 25.8. The van der Waals surface area contributed by atoms with Crippen molar-refractivity contribution in [3.8, 4) is 5.75 Å². The Morgan fingerprint density at radius 2 is 1.52 bits per heavy atom. The maximum absolute atomic E-state index is 13.0. The van der Waals surface area contributed by atoms with Crippen molar-refractivity contribution in [2.45, 2.75) is 194 Å². The van der Waals surface area contributed by atoms with E-state index in [-0.39, 0.29) is 121 Å². The summed E-state index contributed by atoms with van der Waals surface area (Å²) in [6.45, 7) is 13.1. The van der Waals surface area contributed by atoms with Gasteiger partial charge in [-0.1, -0.05) is 74.8 Å². The van der Waals surface area contributed by atoms with E-state index in [1.165, 1.54) is 11.1 Å². The topological polar surface area (TPSA) is 92.8 Å². The average Bonchev–Trinajstić information content (AvgIpc) is 3.79. The molecule has 1 aromatic carbocycles. The van der Waals surface area contributed by atoms with Crippen LogP contribution >= 0.6 is 21.6 Å². The number of carbonyl (C=O) groups is 2. The molecule has 1 amide bonds. The number of ether oxygens (including phenoxy) is 6. The quantitative estimate of drug-likeness (QED) is 0.0438. The largest absolute Gasteiger partial charge is 2.00 e. The van der Waals surface area contributed by atoms with Gasteiger partial charge in [0.15, 0.2) is 5.78 Å². The van der Waals surface area contributed by atoms with Crippen LogP contribution in [0.2, 0.25) is 0 Å². The standard InChI is InChI=1S/C27H32F9O3.C20H32NO5S2.5CH4.U/c1-3-37-17-6-8-18-16(15-17)5-7-20-19(18)11-12-23(2)21(20)9-10-22(23)38-13-4-14-39-24(25(28,29)30,26(31,32)33)27(34,35)36;1-20(2,3)28-27-9-7-6-8-14-12-21(18(23)10-15(14)22)19-11-16(25-5)17(26-19)13-24-4;;;;;;/h6,8,15,19-22H,1,3-5,7,9-14H2,2H3;12,16-17,19H,1,6-11,13H2,2-5H3;5*1H4;/q2*-1;;;;;;+2. The number of halogens is 9. The van der Waals surface area contributed by atoms with Crippen LogP contribution in [-0.2, 0) is 39.7 Å². The Balaban J connectivity index is 0.